The zero-order valence-corrected chi connectivity index (χ0v) is 15.0. The van der Waals surface area contributed by atoms with Crippen molar-refractivity contribution in [3.8, 4) is 5.75 Å². The van der Waals surface area contributed by atoms with Crippen LogP contribution in [0.1, 0.15) is 58.4 Å². The van der Waals surface area contributed by atoms with Crippen molar-refractivity contribution in [2.24, 2.45) is 0 Å². The fourth-order valence-electron chi connectivity index (χ4n) is 2.77. The summed E-state index contributed by atoms with van der Waals surface area (Å²) in [5, 5.41) is 10.8. The predicted molar refractivity (Wildman–Crippen MR) is 96.0 cm³/mol. The summed E-state index contributed by atoms with van der Waals surface area (Å²) >= 11 is 1.92. The average molecular weight is 323 g/mol. The molecule has 0 saturated heterocycles. The van der Waals surface area contributed by atoms with Crippen LogP contribution in [0.2, 0.25) is 0 Å². The lowest BCUT2D eigenvalue weighted by Gasteiger charge is -2.22. The highest BCUT2D eigenvalue weighted by Gasteiger charge is 2.16. The summed E-state index contributed by atoms with van der Waals surface area (Å²) in [5.74, 6) is 1.62. The summed E-state index contributed by atoms with van der Waals surface area (Å²) in [6, 6.07) is 8.22. The largest absolute Gasteiger partial charge is 0.491 e. The molecule has 1 aromatic carbocycles. The van der Waals surface area contributed by atoms with Crippen LogP contribution < -0.4 is 4.74 Å². The monoisotopic (exact) mass is 322 g/mol. The summed E-state index contributed by atoms with van der Waals surface area (Å²) in [5.41, 5.74) is 1.46. The van der Waals surface area contributed by atoms with E-state index in [0.29, 0.717) is 6.61 Å². The zero-order chi connectivity index (χ0) is 16.0. The Kier molecular flexibility index (Phi) is 6.64. The van der Waals surface area contributed by atoms with Gasteiger partial charge in [-0.3, -0.25) is 0 Å². The van der Waals surface area contributed by atoms with Crippen LogP contribution in [0.5, 0.6) is 5.75 Å². The van der Waals surface area contributed by atoms with Gasteiger partial charge in [-0.1, -0.05) is 52.2 Å². The van der Waals surface area contributed by atoms with Crippen LogP contribution >= 0.6 is 11.8 Å². The molecule has 2 nitrogen and oxygen atoms in total. The van der Waals surface area contributed by atoms with Crippen molar-refractivity contribution in [1.29, 1.82) is 0 Å². The lowest BCUT2D eigenvalue weighted by molar-refractivity contribution is 0.126. The molecular formula is C19H30O2S. The van der Waals surface area contributed by atoms with Crippen LogP contribution in [0, 0.1) is 0 Å². The van der Waals surface area contributed by atoms with E-state index in [4.69, 9.17) is 4.74 Å². The molecule has 22 heavy (non-hydrogen) atoms. The number of aliphatic hydroxyl groups is 1. The minimum atomic E-state index is -0.380. The number of benzene rings is 1. The first-order valence-corrected chi connectivity index (χ1v) is 9.53. The van der Waals surface area contributed by atoms with Gasteiger partial charge < -0.3 is 9.84 Å². The van der Waals surface area contributed by atoms with Crippen LogP contribution in [0.4, 0.5) is 0 Å². The Hall–Kier alpha value is -0.670. The van der Waals surface area contributed by atoms with E-state index >= 15 is 0 Å². The molecule has 0 bridgehead atoms. The molecule has 1 aromatic rings. The van der Waals surface area contributed by atoms with E-state index in [9.17, 15) is 5.11 Å². The third kappa shape index (κ3) is 5.85. The van der Waals surface area contributed by atoms with Gasteiger partial charge in [0, 0.05) is 11.0 Å². The molecule has 0 amide bonds. The fraction of sp³-hybridized carbons (Fsp3) is 0.684. The van der Waals surface area contributed by atoms with Crippen molar-refractivity contribution in [1.82, 2.24) is 0 Å². The topological polar surface area (TPSA) is 29.5 Å². The highest BCUT2D eigenvalue weighted by Crippen LogP contribution is 2.29. The van der Waals surface area contributed by atoms with Crippen LogP contribution in [-0.2, 0) is 5.41 Å². The second kappa shape index (κ2) is 8.26. The van der Waals surface area contributed by atoms with Crippen LogP contribution in [0.3, 0.4) is 0 Å². The Morgan fingerprint density at radius 2 is 1.77 bits per heavy atom. The van der Waals surface area contributed by atoms with Crippen molar-refractivity contribution in [3.63, 3.8) is 0 Å². The third-order valence-electron chi connectivity index (χ3n) is 4.24. The van der Waals surface area contributed by atoms with Crippen LogP contribution in [0.15, 0.2) is 24.3 Å². The predicted octanol–water partition coefficient (Wildman–Crippen LogP) is 4.79. The molecule has 0 radical (unpaired) electrons. The van der Waals surface area contributed by atoms with E-state index in [1.807, 2.05) is 23.9 Å². The highest BCUT2D eigenvalue weighted by molar-refractivity contribution is 7.99. The quantitative estimate of drug-likeness (QED) is 0.816. The highest BCUT2D eigenvalue weighted by atomic mass is 32.2. The molecule has 1 fully saturated rings. The second-order valence-corrected chi connectivity index (χ2v) is 8.67. The molecule has 1 aliphatic rings. The van der Waals surface area contributed by atoms with Gasteiger partial charge in [-0.25, -0.2) is 0 Å². The van der Waals surface area contributed by atoms with Gasteiger partial charge in [-0.05, 0) is 36.0 Å². The Bertz CT molecular complexity index is 430. The Morgan fingerprint density at radius 1 is 1.14 bits per heavy atom. The molecule has 0 aromatic heterocycles. The van der Waals surface area contributed by atoms with E-state index in [1.54, 1.807) is 0 Å². The minimum absolute atomic E-state index is 0.161. The molecule has 0 aliphatic heterocycles. The lowest BCUT2D eigenvalue weighted by Crippen LogP contribution is -2.22. The summed E-state index contributed by atoms with van der Waals surface area (Å²) in [6.07, 6.45) is 6.33. The SMILES string of the molecule is CC(C)(C)c1ccc(OCC(O)CSC2CCCCC2)cc1. The van der Waals surface area contributed by atoms with E-state index in [0.717, 1.165) is 16.8 Å². The van der Waals surface area contributed by atoms with Gasteiger partial charge in [0.25, 0.3) is 0 Å². The van der Waals surface area contributed by atoms with Crippen molar-refractivity contribution >= 4 is 11.8 Å². The van der Waals surface area contributed by atoms with E-state index in [2.05, 4.69) is 32.9 Å². The second-order valence-electron chi connectivity index (χ2n) is 7.33. The molecule has 1 aliphatic carbocycles. The number of thioether (sulfide) groups is 1. The first-order chi connectivity index (χ1) is 10.4. The molecule has 1 atom stereocenters. The van der Waals surface area contributed by atoms with E-state index in [-0.39, 0.29) is 11.5 Å². The molecule has 124 valence electrons. The van der Waals surface area contributed by atoms with Gasteiger partial charge in [-0.2, -0.15) is 11.8 Å². The smallest absolute Gasteiger partial charge is 0.119 e. The van der Waals surface area contributed by atoms with E-state index < -0.39 is 0 Å². The first-order valence-electron chi connectivity index (χ1n) is 8.48. The van der Waals surface area contributed by atoms with Gasteiger partial charge in [-0.15, -0.1) is 0 Å². The molecule has 0 heterocycles. The number of rotatable bonds is 6. The number of aliphatic hydroxyl groups excluding tert-OH is 1. The lowest BCUT2D eigenvalue weighted by atomic mass is 9.87. The minimum Gasteiger partial charge on any atom is -0.491 e. The van der Waals surface area contributed by atoms with Gasteiger partial charge in [0.1, 0.15) is 12.4 Å². The molecule has 0 spiro atoms. The molecular weight excluding hydrogens is 292 g/mol. The molecule has 2 rings (SSSR count). The Balaban J connectivity index is 1.70. The van der Waals surface area contributed by atoms with Crippen molar-refractivity contribution in [3.05, 3.63) is 29.8 Å². The van der Waals surface area contributed by atoms with Crippen molar-refractivity contribution in [2.45, 2.75) is 69.6 Å². The molecule has 1 unspecified atom stereocenters. The maximum atomic E-state index is 10.1. The maximum Gasteiger partial charge on any atom is 0.119 e. The normalized spacial score (nSPS) is 18.2. The fourth-order valence-corrected chi connectivity index (χ4v) is 4.03. The number of hydrogen-bond acceptors (Lipinski definition) is 3. The van der Waals surface area contributed by atoms with Gasteiger partial charge >= 0.3 is 0 Å². The number of ether oxygens (including phenoxy) is 1. The summed E-state index contributed by atoms with van der Waals surface area (Å²) in [6.45, 7) is 6.99. The summed E-state index contributed by atoms with van der Waals surface area (Å²) in [4.78, 5) is 0. The van der Waals surface area contributed by atoms with Crippen molar-refractivity contribution < 1.29 is 9.84 Å². The van der Waals surface area contributed by atoms with Crippen molar-refractivity contribution in [2.75, 3.05) is 12.4 Å². The molecule has 1 N–H and O–H groups in total. The zero-order valence-electron chi connectivity index (χ0n) is 14.2. The van der Waals surface area contributed by atoms with Gasteiger partial charge in [0.2, 0.25) is 0 Å². The Morgan fingerprint density at radius 3 is 2.36 bits per heavy atom. The first kappa shape index (κ1) is 17.7. The van der Waals surface area contributed by atoms with E-state index in [1.165, 1.54) is 37.7 Å². The molecule has 1 saturated carbocycles. The van der Waals surface area contributed by atoms with Gasteiger partial charge in [0.05, 0.1) is 6.10 Å². The summed E-state index contributed by atoms with van der Waals surface area (Å²) < 4.78 is 5.71. The Labute approximate surface area is 139 Å². The maximum absolute atomic E-state index is 10.1. The standard InChI is InChI=1S/C19H30O2S/c1-19(2,3)15-9-11-17(12-10-15)21-13-16(20)14-22-18-7-5-4-6-8-18/h9-12,16,18,20H,4-8,13-14H2,1-3H3. The third-order valence-corrected chi connectivity index (χ3v) is 5.76. The van der Waals surface area contributed by atoms with Crippen LogP contribution in [0.25, 0.3) is 0 Å². The average Bonchev–Trinajstić information content (AvgIpc) is 2.51. The van der Waals surface area contributed by atoms with Gasteiger partial charge in [0.15, 0.2) is 0 Å². The number of hydrogen-bond donors (Lipinski definition) is 1. The molecule has 3 heteroatoms. The van der Waals surface area contributed by atoms with Crippen LogP contribution in [-0.4, -0.2) is 28.8 Å². The summed E-state index contributed by atoms with van der Waals surface area (Å²) in [7, 11) is 0.